The number of hydrogen-bond donors (Lipinski definition) is 4. The molecule has 0 saturated heterocycles. The van der Waals surface area contributed by atoms with Crippen LogP contribution in [-0.4, -0.2) is 71.7 Å². The van der Waals surface area contributed by atoms with Gasteiger partial charge in [-0.3, -0.25) is 20.2 Å². The molecular weight excluding hydrogens is 472 g/mol. The Bertz CT molecular complexity index is 836. The number of aliphatic hydroxyl groups excluding tert-OH is 2. The van der Waals surface area contributed by atoms with Gasteiger partial charge in [-0.05, 0) is 50.2 Å². The predicted molar refractivity (Wildman–Crippen MR) is 133 cm³/mol. The van der Waals surface area contributed by atoms with E-state index in [9.17, 15) is 30.4 Å². The van der Waals surface area contributed by atoms with Crippen molar-refractivity contribution in [2.24, 2.45) is 0 Å². The number of rotatable bonds is 19. The number of nitrogens with one attached hydrogen (secondary N) is 2. The lowest BCUT2D eigenvalue weighted by Crippen LogP contribution is -2.32. The Labute approximate surface area is 209 Å². The third-order valence-electron chi connectivity index (χ3n) is 5.20. The van der Waals surface area contributed by atoms with Crippen LogP contribution in [0.5, 0.6) is 11.5 Å². The molecule has 0 aliphatic rings. The van der Waals surface area contributed by atoms with Gasteiger partial charge in [0.1, 0.15) is 36.9 Å². The summed E-state index contributed by atoms with van der Waals surface area (Å²) in [6.45, 7) is 2.55. The van der Waals surface area contributed by atoms with Crippen molar-refractivity contribution in [3.8, 4) is 11.5 Å². The van der Waals surface area contributed by atoms with E-state index in [0.29, 0.717) is 24.6 Å². The van der Waals surface area contributed by atoms with Gasteiger partial charge in [-0.25, -0.2) is 0 Å². The van der Waals surface area contributed by atoms with Gasteiger partial charge in [0.05, 0.1) is 9.85 Å². The van der Waals surface area contributed by atoms with Gasteiger partial charge in [-0.2, -0.15) is 0 Å². The second kappa shape index (κ2) is 16.4. The summed E-state index contributed by atoms with van der Waals surface area (Å²) < 4.78 is 10.9. The number of nitrogens with zero attached hydrogens (tertiary/aromatic N) is 2. The Morgan fingerprint density at radius 3 is 1.36 bits per heavy atom. The number of non-ortho nitro benzene ring substituents is 2. The summed E-state index contributed by atoms with van der Waals surface area (Å²) >= 11 is 0. The molecule has 0 aromatic heterocycles. The smallest absolute Gasteiger partial charge is 0.269 e. The van der Waals surface area contributed by atoms with E-state index in [4.69, 9.17) is 9.47 Å². The van der Waals surface area contributed by atoms with Crippen LogP contribution in [0.25, 0.3) is 0 Å². The molecule has 0 spiro atoms. The van der Waals surface area contributed by atoms with Crippen molar-refractivity contribution in [2.75, 3.05) is 39.4 Å². The van der Waals surface area contributed by atoms with E-state index in [-0.39, 0.29) is 24.6 Å². The average Bonchev–Trinajstić information content (AvgIpc) is 2.87. The number of nitro benzene ring substituents is 2. The molecule has 2 rings (SSSR count). The van der Waals surface area contributed by atoms with Crippen LogP contribution in [0.4, 0.5) is 11.4 Å². The van der Waals surface area contributed by atoms with Crippen LogP contribution >= 0.6 is 0 Å². The molecule has 0 aliphatic heterocycles. The zero-order valence-electron chi connectivity index (χ0n) is 20.1. The van der Waals surface area contributed by atoms with Crippen LogP contribution in [0, 0.1) is 20.2 Å². The van der Waals surface area contributed by atoms with Crippen LogP contribution in [0.3, 0.4) is 0 Å². The van der Waals surface area contributed by atoms with Gasteiger partial charge in [0.2, 0.25) is 0 Å². The first-order valence-corrected chi connectivity index (χ1v) is 11.9. The monoisotopic (exact) mass is 506 g/mol. The number of unbranched alkanes of at least 4 members (excludes halogenated alkanes) is 3. The predicted octanol–water partition coefficient (Wildman–Crippen LogP) is 2.42. The lowest BCUT2D eigenvalue weighted by atomic mass is 10.2. The molecular formula is C24H34N4O8. The molecule has 12 heteroatoms. The highest BCUT2D eigenvalue weighted by atomic mass is 16.6. The third-order valence-corrected chi connectivity index (χ3v) is 5.20. The maximum Gasteiger partial charge on any atom is 0.269 e. The van der Waals surface area contributed by atoms with Crippen molar-refractivity contribution in [3.05, 3.63) is 68.8 Å². The Morgan fingerprint density at radius 1 is 0.667 bits per heavy atom. The molecule has 2 aromatic carbocycles. The van der Waals surface area contributed by atoms with E-state index in [1.54, 1.807) is 0 Å². The lowest BCUT2D eigenvalue weighted by Gasteiger charge is -2.14. The molecule has 0 bridgehead atoms. The van der Waals surface area contributed by atoms with Crippen LogP contribution in [-0.2, 0) is 0 Å². The molecule has 0 aliphatic carbocycles. The summed E-state index contributed by atoms with van der Waals surface area (Å²) in [5.74, 6) is 0.940. The maximum atomic E-state index is 10.6. The fourth-order valence-corrected chi connectivity index (χ4v) is 3.22. The largest absolute Gasteiger partial charge is 0.491 e. The van der Waals surface area contributed by atoms with Gasteiger partial charge in [0.25, 0.3) is 11.4 Å². The Kier molecular flexibility index (Phi) is 13.1. The van der Waals surface area contributed by atoms with E-state index in [0.717, 1.165) is 38.8 Å². The highest BCUT2D eigenvalue weighted by molar-refractivity contribution is 5.36. The Balaban J connectivity index is 1.39. The molecule has 2 atom stereocenters. The maximum absolute atomic E-state index is 10.6. The summed E-state index contributed by atoms with van der Waals surface area (Å²) in [6, 6.07) is 11.4. The fraction of sp³-hybridized carbons (Fsp3) is 0.500. The summed E-state index contributed by atoms with van der Waals surface area (Å²) in [5, 5.41) is 47.6. The highest BCUT2D eigenvalue weighted by Gasteiger charge is 2.09. The van der Waals surface area contributed by atoms with E-state index in [1.165, 1.54) is 48.5 Å². The van der Waals surface area contributed by atoms with Gasteiger partial charge in [0, 0.05) is 37.4 Å². The molecule has 0 saturated carbocycles. The normalized spacial score (nSPS) is 12.6. The summed E-state index contributed by atoms with van der Waals surface area (Å²) in [5.41, 5.74) is -0.0197. The minimum absolute atomic E-state index is 0.00983. The van der Waals surface area contributed by atoms with Crippen molar-refractivity contribution < 1.29 is 29.5 Å². The fourth-order valence-electron chi connectivity index (χ4n) is 3.22. The van der Waals surface area contributed by atoms with Gasteiger partial charge in [-0.15, -0.1) is 0 Å². The number of ether oxygens (including phenoxy) is 2. The first-order chi connectivity index (χ1) is 17.3. The van der Waals surface area contributed by atoms with Crippen molar-refractivity contribution in [3.63, 3.8) is 0 Å². The van der Waals surface area contributed by atoms with E-state index in [2.05, 4.69) is 10.6 Å². The number of aliphatic hydroxyl groups is 2. The van der Waals surface area contributed by atoms with Gasteiger partial charge in [0.15, 0.2) is 0 Å². The van der Waals surface area contributed by atoms with Gasteiger partial charge in [-0.1, -0.05) is 12.8 Å². The summed E-state index contributed by atoms with van der Waals surface area (Å²) in [7, 11) is 0. The molecule has 198 valence electrons. The first-order valence-electron chi connectivity index (χ1n) is 11.9. The van der Waals surface area contributed by atoms with Gasteiger partial charge < -0.3 is 30.3 Å². The molecule has 12 nitrogen and oxygen atoms in total. The summed E-state index contributed by atoms with van der Waals surface area (Å²) in [6.07, 6.45) is 2.66. The van der Waals surface area contributed by atoms with Gasteiger partial charge >= 0.3 is 0 Å². The number of benzene rings is 2. The van der Waals surface area contributed by atoms with Crippen LogP contribution < -0.4 is 20.1 Å². The minimum atomic E-state index is -0.680. The topological polar surface area (TPSA) is 169 Å². The standard InChI is InChI=1S/C24H34N4O8/c29-21(17-35-23-9-5-19(6-10-23)27(31)32)15-25-13-3-1-2-4-14-26-16-22(30)18-36-24-11-7-20(8-12-24)28(33)34/h5-12,21-22,25-26,29-30H,1-4,13-18H2/t21-,22+. The Morgan fingerprint density at radius 2 is 1.03 bits per heavy atom. The zero-order valence-corrected chi connectivity index (χ0v) is 20.1. The van der Waals surface area contributed by atoms with Crippen LogP contribution in [0.2, 0.25) is 0 Å². The lowest BCUT2D eigenvalue weighted by molar-refractivity contribution is -0.385. The first kappa shape index (κ1) is 28.9. The quantitative estimate of drug-likeness (QED) is 0.126. The second-order valence-electron chi connectivity index (χ2n) is 8.25. The van der Waals surface area contributed by atoms with Crippen molar-refractivity contribution >= 4 is 11.4 Å². The van der Waals surface area contributed by atoms with E-state index >= 15 is 0 Å². The third kappa shape index (κ3) is 11.9. The second-order valence-corrected chi connectivity index (χ2v) is 8.25. The molecule has 2 aromatic rings. The average molecular weight is 507 g/mol. The van der Waals surface area contributed by atoms with Crippen molar-refractivity contribution in [1.29, 1.82) is 0 Å². The minimum Gasteiger partial charge on any atom is -0.491 e. The summed E-state index contributed by atoms with van der Waals surface area (Å²) in [4.78, 5) is 20.3. The van der Waals surface area contributed by atoms with Crippen molar-refractivity contribution in [1.82, 2.24) is 10.6 Å². The number of hydrogen-bond acceptors (Lipinski definition) is 10. The zero-order chi connectivity index (χ0) is 26.2. The molecule has 0 radical (unpaired) electrons. The van der Waals surface area contributed by atoms with Crippen LogP contribution in [0.1, 0.15) is 25.7 Å². The molecule has 0 unspecified atom stereocenters. The molecule has 0 heterocycles. The van der Waals surface area contributed by atoms with E-state index in [1.807, 2.05) is 0 Å². The molecule has 0 amide bonds. The molecule has 0 fully saturated rings. The SMILES string of the molecule is O=[N+]([O-])c1ccc(OC[C@H](O)CNCCCCCCNC[C@H](O)COc2ccc([N+](=O)[O-])cc2)cc1. The highest BCUT2D eigenvalue weighted by Crippen LogP contribution is 2.18. The number of nitro groups is 2. The Hall–Kier alpha value is -3.32. The van der Waals surface area contributed by atoms with E-state index < -0.39 is 22.1 Å². The van der Waals surface area contributed by atoms with Crippen molar-refractivity contribution in [2.45, 2.75) is 37.9 Å². The molecule has 36 heavy (non-hydrogen) atoms. The van der Waals surface area contributed by atoms with Crippen LogP contribution in [0.15, 0.2) is 48.5 Å². The molecule has 4 N–H and O–H groups in total.